The van der Waals surface area contributed by atoms with Crippen molar-refractivity contribution in [3.8, 4) is 0 Å². The summed E-state index contributed by atoms with van der Waals surface area (Å²) in [5.41, 5.74) is 0.547. The molecule has 1 amide bonds. The zero-order chi connectivity index (χ0) is 15.1. The molecular weight excluding hydrogens is 261 g/mol. The molecule has 0 aliphatic heterocycles. The molecule has 1 aromatic rings. The quantitative estimate of drug-likeness (QED) is 0.770. The second kappa shape index (κ2) is 7.97. The van der Waals surface area contributed by atoms with Crippen molar-refractivity contribution in [3.05, 3.63) is 35.1 Å². The van der Waals surface area contributed by atoms with Crippen LogP contribution < -0.4 is 0 Å². The van der Waals surface area contributed by atoms with Gasteiger partial charge < -0.3 is 14.4 Å². The lowest BCUT2D eigenvalue weighted by Gasteiger charge is -2.29. The second-order valence-corrected chi connectivity index (χ2v) is 4.73. The monoisotopic (exact) mass is 283 g/mol. The van der Waals surface area contributed by atoms with E-state index in [-0.39, 0.29) is 17.5 Å². The number of methoxy groups -OCH3 is 2. The van der Waals surface area contributed by atoms with Crippen LogP contribution in [0.5, 0.6) is 0 Å². The normalized spacial score (nSPS) is 12.2. The highest BCUT2D eigenvalue weighted by Gasteiger charge is 2.24. The predicted octanol–water partition coefficient (Wildman–Crippen LogP) is 2.26. The number of hydrogen-bond donors (Lipinski definition) is 0. The van der Waals surface area contributed by atoms with Crippen LogP contribution in [0.1, 0.15) is 22.8 Å². The van der Waals surface area contributed by atoms with Crippen molar-refractivity contribution >= 4 is 5.91 Å². The lowest BCUT2D eigenvalue weighted by atomic mass is 10.1. The minimum Gasteiger partial charge on any atom is -0.383 e. The molecule has 5 heteroatoms. The molecular formula is C15H22FNO3. The Hall–Kier alpha value is -1.46. The summed E-state index contributed by atoms with van der Waals surface area (Å²) in [5.74, 6) is -0.808. The lowest BCUT2D eigenvalue weighted by molar-refractivity contribution is 0.0475. The van der Waals surface area contributed by atoms with Gasteiger partial charge in [-0.15, -0.1) is 0 Å². The van der Waals surface area contributed by atoms with E-state index >= 15 is 0 Å². The highest BCUT2D eigenvalue weighted by atomic mass is 19.1. The van der Waals surface area contributed by atoms with Crippen LogP contribution in [-0.2, 0) is 9.47 Å². The molecule has 1 aromatic carbocycles. The molecule has 0 fully saturated rings. The lowest BCUT2D eigenvalue weighted by Crippen LogP contribution is -2.43. The first-order valence-corrected chi connectivity index (χ1v) is 6.56. The molecule has 0 bridgehead atoms. The van der Waals surface area contributed by atoms with E-state index in [9.17, 15) is 9.18 Å². The summed E-state index contributed by atoms with van der Waals surface area (Å²) >= 11 is 0. The summed E-state index contributed by atoms with van der Waals surface area (Å²) in [5, 5.41) is 0. The number of carbonyl (C=O) groups is 1. The fourth-order valence-electron chi connectivity index (χ4n) is 2.01. The predicted molar refractivity (Wildman–Crippen MR) is 75.4 cm³/mol. The molecule has 0 saturated carbocycles. The van der Waals surface area contributed by atoms with E-state index in [1.54, 1.807) is 38.2 Å². The number of hydrogen-bond acceptors (Lipinski definition) is 3. The smallest absolute Gasteiger partial charge is 0.257 e. The highest BCUT2D eigenvalue weighted by Crippen LogP contribution is 2.16. The first kappa shape index (κ1) is 16.6. The minimum atomic E-state index is -0.468. The maximum atomic E-state index is 14.1. The van der Waals surface area contributed by atoms with Crippen LogP contribution in [0.2, 0.25) is 0 Å². The average Bonchev–Trinajstić information content (AvgIpc) is 2.42. The Labute approximate surface area is 119 Å². The van der Waals surface area contributed by atoms with E-state index in [1.165, 1.54) is 6.07 Å². The maximum Gasteiger partial charge on any atom is 0.257 e. The van der Waals surface area contributed by atoms with Crippen molar-refractivity contribution in [1.82, 2.24) is 4.90 Å². The SMILES string of the molecule is COCCN(C(=O)c1cccc(C)c1F)C(C)COC. The van der Waals surface area contributed by atoms with Crippen LogP contribution in [0.4, 0.5) is 4.39 Å². The first-order chi connectivity index (χ1) is 9.52. The van der Waals surface area contributed by atoms with Gasteiger partial charge in [-0.25, -0.2) is 4.39 Å². The fourth-order valence-corrected chi connectivity index (χ4v) is 2.01. The van der Waals surface area contributed by atoms with Crippen molar-refractivity contribution in [3.63, 3.8) is 0 Å². The second-order valence-electron chi connectivity index (χ2n) is 4.73. The number of amides is 1. The van der Waals surface area contributed by atoms with Crippen molar-refractivity contribution in [2.24, 2.45) is 0 Å². The van der Waals surface area contributed by atoms with E-state index in [2.05, 4.69) is 0 Å². The number of aryl methyl sites for hydroxylation is 1. The van der Waals surface area contributed by atoms with Crippen molar-refractivity contribution in [2.45, 2.75) is 19.9 Å². The molecule has 1 rings (SSSR count). The van der Waals surface area contributed by atoms with Crippen molar-refractivity contribution in [1.29, 1.82) is 0 Å². The van der Waals surface area contributed by atoms with Gasteiger partial charge in [-0.2, -0.15) is 0 Å². The van der Waals surface area contributed by atoms with Gasteiger partial charge in [0.05, 0.1) is 24.8 Å². The third kappa shape index (κ3) is 4.02. The molecule has 4 nitrogen and oxygen atoms in total. The molecule has 0 N–H and O–H groups in total. The van der Waals surface area contributed by atoms with E-state index in [1.807, 2.05) is 6.92 Å². The van der Waals surface area contributed by atoms with Crippen LogP contribution in [0.15, 0.2) is 18.2 Å². The van der Waals surface area contributed by atoms with Gasteiger partial charge in [-0.1, -0.05) is 12.1 Å². The maximum absolute atomic E-state index is 14.1. The van der Waals surface area contributed by atoms with Gasteiger partial charge in [-0.05, 0) is 25.5 Å². The zero-order valence-corrected chi connectivity index (χ0v) is 12.5. The summed E-state index contributed by atoms with van der Waals surface area (Å²) < 4.78 is 24.2. The summed E-state index contributed by atoms with van der Waals surface area (Å²) in [6.07, 6.45) is 0. The molecule has 0 heterocycles. The Bertz CT molecular complexity index is 451. The molecule has 1 atom stereocenters. The van der Waals surface area contributed by atoms with Crippen LogP contribution >= 0.6 is 0 Å². The summed E-state index contributed by atoms with van der Waals surface area (Å²) in [7, 11) is 3.14. The Morgan fingerprint density at radius 1 is 1.35 bits per heavy atom. The molecule has 0 aromatic heterocycles. The Morgan fingerprint density at radius 2 is 2.05 bits per heavy atom. The van der Waals surface area contributed by atoms with Gasteiger partial charge in [0.25, 0.3) is 5.91 Å². The van der Waals surface area contributed by atoms with Gasteiger partial charge in [0, 0.05) is 20.8 Å². The summed E-state index contributed by atoms with van der Waals surface area (Å²) in [4.78, 5) is 14.1. The van der Waals surface area contributed by atoms with Crippen LogP contribution in [0, 0.1) is 12.7 Å². The van der Waals surface area contributed by atoms with Crippen molar-refractivity contribution in [2.75, 3.05) is 34.0 Å². The Balaban J connectivity index is 2.99. The highest BCUT2D eigenvalue weighted by molar-refractivity contribution is 5.95. The van der Waals surface area contributed by atoms with E-state index in [0.717, 1.165) is 0 Å². The Morgan fingerprint density at radius 3 is 2.65 bits per heavy atom. The zero-order valence-electron chi connectivity index (χ0n) is 12.5. The Kier molecular flexibility index (Phi) is 6.61. The molecule has 0 spiro atoms. The first-order valence-electron chi connectivity index (χ1n) is 6.56. The number of ether oxygens (including phenoxy) is 2. The van der Waals surface area contributed by atoms with Gasteiger partial charge in [0.15, 0.2) is 0 Å². The van der Waals surface area contributed by atoms with Crippen molar-refractivity contribution < 1.29 is 18.7 Å². The van der Waals surface area contributed by atoms with E-state index in [0.29, 0.717) is 25.3 Å². The molecule has 0 aliphatic carbocycles. The minimum absolute atomic E-state index is 0.0871. The molecule has 0 radical (unpaired) electrons. The van der Waals surface area contributed by atoms with E-state index < -0.39 is 5.82 Å². The van der Waals surface area contributed by atoms with Crippen LogP contribution in [0.25, 0.3) is 0 Å². The number of rotatable bonds is 7. The standard InChI is InChI=1S/C15H22FNO3/c1-11-6-5-7-13(14(11)16)15(18)17(8-9-19-3)12(2)10-20-4/h5-7,12H,8-10H2,1-4H3. The number of benzene rings is 1. The summed E-state index contributed by atoms with van der Waals surface area (Å²) in [6.45, 7) is 4.69. The third-order valence-electron chi connectivity index (χ3n) is 3.16. The largest absolute Gasteiger partial charge is 0.383 e. The average molecular weight is 283 g/mol. The molecule has 112 valence electrons. The van der Waals surface area contributed by atoms with Gasteiger partial charge >= 0.3 is 0 Å². The third-order valence-corrected chi connectivity index (χ3v) is 3.16. The molecule has 0 aliphatic rings. The van der Waals surface area contributed by atoms with Crippen LogP contribution in [0.3, 0.4) is 0 Å². The van der Waals surface area contributed by atoms with Gasteiger partial charge in [0.1, 0.15) is 5.82 Å². The van der Waals surface area contributed by atoms with E-state index in [4.69, 9.17) is 9.47 Å². The summed E-state index contributed by atoms with van der Waals surface area (Å²) in [6, 6.07) is 4.68. The number of nitrogens with zero attached hydrogens (tertiary/aromatic N) is 1. The van der Waals surface area contributed by atoms with Gasteiger partial charge in [0.2, 0.25) is 0 Å². The van der Waals surface area contributed by atoms with Crippen LogP contribution in [-0.4, -0.2) is 50.8 Å². The topological polar surface area (TPSA) is 38.8 Å². The molecule has 1 unspecified atom stereocenters. The molecule has 0 saturated heterocycles. The number of carbonyl (C=O) groups excluding carboxylic acids is 1. The fraction of sp³-hybridized carbons (Fsp3) is 0.533. The number of halogens is 1. The van der Waals surface area contributed by atoms with Gasteiger partial charge in [-0.3, -0.25) is 4.79 Å². The molecule has 20 heavy (non-hydrogen) atoms.